The van der Waals surface area contributed by atoms with Crippen molar-refractivity contribution >= 4 is 11.3 Å². The molecule has 0 spiro atoms. The molecule has 0 aliphatic heterocycles. The maximum absolute atomic E-state index is 5.63. The molecule has 2 nitrogen and oxygen atoms in total. The molecule has 0 saturated carbocycles. The van der Waals surface area contributed by atoms with Crippen LogP contribution in [-0.2, 0) is 13.0 Å². The van der Waals surface area contributed by atoms with Gasteiger partial charge in [-0.25, -0.2) is 4.98 Å². The monoisotopic (exact) mass is 218 g/mol. The number of hydrogen-bond donors (Lipinski definition) is 1. The summed E-state index contributed by atoms with van der Waals surface area (Å²) in [6, 6.07) is 6.39. The zero-order chi connectivity index (χ0) is 10.7. The van der Waals surface area contributed by atoms with Gasteiger partial charge in [0, 0.05) is 24.5 Å². The van der Waals surface area contributed by atoms with Gasteiger partial charge in [0.2, 0.25) is 0 Å². The number of aryl methyl sites for hydroxylation is 1. The third-order valence-electron chi connectivity index (χ3n) is 2.47. The molecule has 2 N–H and O–H groups in total. The lowest BCUT2D eigenvalue weighted by Gasteiger charge is -2.06. The SMILES string of the molecule is Cc1ccc(CN)cc1Cc1nccs1. The lowest BCUT2D eigenvalue weighted by atomic mass is 10.0. The molecule has 0 bridgehead atoms. The molecule has 0 fully saturated rings. The van der Waals surface area contributed by atoms with Crippen LogP contribution in [0.1, 0.15) is 21.7 Å². The van der Waals surface area contributed by atoms with Crippen LogP contribution in [0.2, 0.25) is 0 Å². The highest BCUT2D eigenvalue weighted by Gasteiger charge is 2.03. The van der Waals surface area contributed by atoms with Crippen molar-refractivity contribution in [1.82, 2.24) is 4.98 Å². The molecule has 3 heteroatoms. The van der Waals surface area contributed by atoms with E-state index < -0.39 is 0 Å². The fraction of sp³-hybridized carbons (Fsp3) is 0.250. The predicted molar refractivity (Wildman–Crippen MR) is 64.0 cm³/mol. The van der Waals surface area contributed by atoms with Gasteiger partial charge in [0.05, 0.1) is 5.01 Å². The summed E-state index contributed by atoms with van der Waals surface area (Å²) in [5.41, 5.74) is 9.45. The number of nitrogens with two attached hydrogens (primary N) is 1. The minimum absolute atomic E-state index is 0.602. The Balaban J connectivity index is 2.27. The van der Waals surface area contributed by atoms with Gasteiger partial charge in [0.1, 0.15) is 0 Å². The number of rotatable bonds is 3. The van der Waals surface area contributed by atoms with Gasteiger partial charge in [-0.3, -0.25) is 0 Å². The van der Waals surface area contributed by atoms with Crippen molar-refractivity contribution in [2.45, 2.75) is 19.9 Å². The predicted octanol–water partition coefficient (Wildman–Crippen LogP) is 2.50. The first-order valence-corrected chi connectivity index (χ1v) is 5.84. The number of hydrogen-bond acceptors (Lipinski definition) is 3. The van der Waals surface area contributed by atoms with Crippen molar-refractivity contribution in [3.8, 4) is 0 Å². The first-order valence-electron chi connectivity index (χ1n) is 4.96. The van der Waals surface area contributed by atoms with Crippen LogP contribution < -0.4 is 5.73 Å². The van der Waals surface area contributed by atoms with Crippen LogP contribution in [0.4, 0.5) is 0 Å². The smallest absolute Gasteiger partial charge is 0.0968 e. The number of aromatic nitrogens is 1. The molecule has 0 aliphatic carbocycles. The maximum atomic E-state index is 5.63. The molecule has 0 atom stereocenters. The third kappa shape index (κ3) is 2.43. The summed E-state index contributed by atoms with van der Waals surface area (Å²) in [7, 11) is 0. The molecule has 0 saturated heterocycles. The second-order valence-electron chi connectivity index (χ2n) is 3.57. The molecule has 0 radical (unpaired) electrons. The van der Waals surface area contributed by atoms with Crippen molar-refractivity contribution < 1.29 is 0 Å². The number of nitrogens with zero attached hydrogens (tertiary/aromatic N) is 1. The van der Waals surface area contributed by atoms with Crippen molar-refractivity contribution in [3.05, 3.63) is 51.5 Å². The van der Waals surface area contributed by atoms with Crippen molar-refractivity contribution in [1.29, 1.82) is 0 Å². The topological polar surface area (TPSA) is 38.9 Å². The molecule has 2 aromatic rings. The van der Waals surface area contributed by atoms with Gasteiger partial charge in [0.15, 0.2) is 0 Å². The quantitative estimate of drug-likeness (QED) is 0.859. The fourth-order valence-corrected chi connectivity index (χ4v) is 2.18. The highest BCUT2D eigenvalue weighted by Crippen LogP contribution is 2.17. The molecule has 0 amide bonds. The van der Waals surface area contributed by atoms with Crippen LogP contribution in [0.3, 0.4) is 0 Å². The Labute approximate surface area is 93.8 Å². The molecule has 15 heavy (non-hydrogen) atoms. The summed E-state index contributed by atoms with van der Waals surface area (Å²) < 4.78 is 0. The zero-order valence-electron chi connectivity index (χ0n) is 8.73. The van der Waals surface area contributed by atoms with Gasteiger partial charge < -0.3 is 5.73 Å². The standard InChI is InChI=1S/C12H14N2S/c1-9-2-3-10(8-13)6-11(9)7-12-14-4-5-15-12/h2-6H,7-8,13H2,1H3. The van der Waals surface area contributed by atoms with E-state index in [1.54, 1.807) is 11.3 Å². The van der Waals surface area contributed by atoms with Gasteiger partial charge in [-0.05, 0) is 23.6 Å². The second-order valence-corrected chi connectivity index (χ2v) is 4.55. The lowest BCUT2D eigenvalue weighted by molar-refractivity contribution is 1.04. The second kappa shape index (κ2) is 4.55. The minimum atomic E-state index is 0.602. The largest absolute Gasteiger partial charge is 0.326 e. The van der Waals surface area contributed by atoms with E-state index in [1.165, 1.54) is 16.7 Å². The molecular weight excluding hydrogens is 204 g/mol. The van der Waals surface area contributed by atoms with Gasteiger partial charge in [0.25, 0.3) is 0 Å². The molecule has 0 unspecified atom stereocenters. The van der Waals surface area contributed by atoms with E-state index in [4.69, 9.17) is 5.73 Å². The van der Waals surface area contributed by atoms with Crippen LogP contribution >= 0.6 is 11.3 Å². The highest BCUT2D eigenvalue weighted by molar-refractivity contribution is 7.09. The molecule has 1 heterocycles. The maximum Gasteiger partial charge on any atom is 0.0968 e. The van der Waals surface area contributed by atoms with Crippen molar-refractivity contribution in [2.24, 2.45) is 5.73 Å². The van der Waals surface area contributed by atoms with E-state index in [2.05, 4.69) is 30.1 Å². The van der Waals surface area contributed by atoms with E-state index in [0.717, 1.165) is 11.4 Å². The Morgan fingerprint density at radius 1 is 1.40 bits per heavy atom. The van der Waals surface area contributed by atoms with Crippen molar-refractivity contribution in [2.75, 3.05) is 0 Å². The average Bonchev–Trinajstić information content (AvgIpc) is 2.74. The minimum Gasteiger partial charge on any atom is -0.326 e. The zero-order valence-corrected chi connectivity index (χ0v) is 9.55. The highest BCUT2D eigenvalue weighted by atomic mass is 32.1. The Hall–Kier alpha value is -1.19. The summed E-state index contributed by atoms with van der Waals surface area (Å²) in [6.45, 7) is 2.73. The first kappa shape index (κ1) is 10.3. The fourth-order valence-electron chi connectivity index (χ4n) is 1.55. The Morgan fingerprint density at radius 3 is 2.93 bits per heavy atom. The van der Waals surface area contributed by atoms with Crippen LogP contribution in [0.15, 0.2) is 29.8 Å². The molecular formula is C12H14N2S. The van der Waals surface area contributed by atoms with Crippen LogP contribution in [0.5, 0.6) is 0 Å². The summed E-state index contributed by atoms with van der Waals surface area (Å²) in [6.07, 6.45) is 2.76. The molecule has 1 aromatic carbocycles. The Bertz CT molecular complexity index is 435. The third-order valence-corrected chi connectivity index (χ3v) is 3.25. The van der Waals surface area contributed by atoms with E-state index >= 15 is 0 Å². The molecule has 0 aliphatic rings. The number of thiazole rings is 1. The Kier molecular flexibility index (Phi) is 3.14. The summed E-state index contributed by atoms with van der Waals surface area (Å²) in [4.78, 5) is 4.30. The van der Waals surface area contributed by atoms with Crippen LogP contribution in [0.25, 0.3) is 0 Å². The van der Waals surface area contributed by atoms with E-state index in [0.29, 0.717) is 6.54 Å². The molecule has 78 valence electrons. The van der Waals surface area contributed by atoms with Gasteiger partial charge in [-0.15, -0.1) is 11.3 Å². The van der Waals surface area contributed by atoms with Gasteiger partial charge in [-0.1, -0.05) is 18.2 Å². The van der Waals surface area contributed by atoms with E-state index in [9.17, 15) is 0 Å². The van der Waals surface area contributed by atoms with E-state index in [-0.39, 0.29) is 0 Å². The van der Waals surface area contributed by atoms with Crippen LogP contribution in [-0.4, -0.2) is 4.98 Å². The molecule has 2 rings (SSSR count). The Morgan fingerprint density at radius 2 is 2.27 bits per heavy atom. The first-order chi connectivity index (χ1) is 7.29. The summed E-state index contributed by atoms with van der Waals surface area (Å²) >= 11 is 1.70. The molecule has 1 aromatic heterocycles. The van der Waals surface area contributed by atoms with Gasteiger partial charge >= 0.3 is 0 Å². The average molecular weight is 218 g/mol. The van der Waals surface area contributed by atoms with Crippen molar-refractivity contribution in [3.63, 3.8) is 0 Å². The summed E-state index contributed by atoms with van der Waals surface area (Å²) in [5.74, 6) is 0. The number of benzene rings is 1. The normalized spacial score (nSPS) is 10.5. The van der Waals surface area contributed by atoms with Crippen LogP contribution in [0, 0.1) is 6.92 Å². The lowest BCUT2D eigenvalue weighted by Crippen LogP contribution is -1.99. The summed E-state index contributed by atoms with van der Waals surface area (Å²) in [5, 5.41) is 3.17. The van der Waals surface area contributed by atoms with Gasteiger partial charge in [-0.2, -0.15) is 0 Å². The van der Waals surface area contributed by atoms with E-state index in [1.807, 2.05) is 11.6 Å².